The highest BCUT2D eigenvalue weighted by Crippen LogP contribution is 2.26. The summed E-state index contributed by atoms with van der Waals surface area (Å²) in [6.07, 6.45) is 3.48. The molecule has 5 nitrogen and oxygen atoms in total. The van der Waals surface area contributed by atoms with E-state index in [9.17, 15) is 9.59 Å². The van der Waals surface area contributed by atoms with Crippen molar-refractivity contribution < 1.29 is 4.79 Å². The van der Waals surface area contributed by atoms with Gasteiger partial charge in [-0.25, -0.2) is 0 Å². The zero-order chi connectivity index (χ0) is 22.7. The molecule has 2 aromatic heterocycles. The summed E-state index contributed by atoms with van der Waals surface area (Å²) in [7, 11) is 0. The zero-order valence-corrected chi connectivity index (χ0v) is 18.4. The minimum absolute atomic E-state index is 0.136. The summed E-state index contributed by atoms with van der Waals surface area (Å²) in [5.74, 6) is -0.411. The number of carbonyl (C=O) groups excluding carboxylic acids is 1. The van der Waals surface area contributed by atoms with Gasteiger partial charge in [0, 0.05) is 36.4 Å². The van der Waals surface area contributed by atoms with Crippen LogP contribution in [0.5, 0.6) is 0 Å². The molecule has 2 heterocycles. The third-order valence-electron chi connectivity index (χ3n) is 5.74. The maximum absolute atomic E-state index is 13.5. The van der Waals surface area contributed by atoms with E-state index < -0.39 is 5.91 Å². The van der Waals surface area contributed by atoms with Gasteiger partial charge >= 0.3 is 0 Å². The molecular formula is C27H25N3O2. The van der Waals surface area contributed by atoms with Crippen molar-refractivity contribution in [1.29, 1.82) is 0 Å². The summed E-state index contributed by atoms with van der Waals surface area (Å²) in [6.45, 7) is 6.36. The minimum atomic E-state index is -0.411. The van der Waals surface area contributed by atoms with Gasteiger partial charge in [-0.2, -0.15) is 0 Å². The van der Waals surface area contributed by atoms with Gasteiger partial charge in [0.2, 0.25) is 0 Å². The molecule has 4 aromatic rings. The van der Waals surface area contributed by atoms with Crippen LogP contribution in [-0.2, 0) is 6.54 Å². The predicted octanol–water partition coefficient (Wildman–Crippen LogP) is 5.14. The maximum atomic E-state index is 13.5. The minimum Gasteiger partial charge on any atom is -0.340 e. The second kappa shape index (κ2) is 9.02. The molecule has 5 heteroatoms. The zero-order valence-electron chi connectivity index (χ0n) is 18.4. The summed E-state index contributed by atoms with van der Waals surface area (Å²) < 4.78 is 2.02. The molecule has 1 amide bonds. The third-order valence-corrected chi connectivity index (χ3v) is 5.74. The van der Waals surface area contributed by atoms with Gasteiger partial charge in [-0.15, -0.1) is 0 Å². The van der Waals surface area contributed by atoms with Crippen LogP contribution in [0.2, 0.25) is 0 Å². The first-order chi connectivity index (χ1) is 15.5. The summed E-state index contributed by atoms with van der Waals surface area (Å²) in [4.78, 5) is 30.7. The van der Waals surface area contributed by atoms with Crippen LogP contribution in [-0.4, -0.2) is 15.5 Å². The van der Waals surface area contributed by atoms with Crippen molar-refractivity contribution in [2.75, 3.05) is 5.32 Å². The van der Waals surface area contributed by atoms with Crippen molar-refractivity contribution >= 4 is 11.6 Å². The molecule has 1 N–H and O–H groups in total. The number of carbonyl (C=O) groups is 1. The Labute approximate surface area is 187 Å². The molecule has 0 aliphatic heterocycles. The number of nitrogens with zero attached hydrogens (tertiary/aromatic N) is 2. The van der Waals surface area contributed by atoms with Crippen LogP contribution < -0.4 is 10.7 Å². The molecule has 0 bridgehead atoms. The molecule has 0 radical (unpaired) electrons. The van der Waals surface area contributed by atoms with Crippen molar-refractivity contribution in [3.63, 3.8) is 0 Å². The van der Waals surface area contributed by atoms with Crippen LogP contribution in [0.3, 0.4) is 0 Å². The fourth-order valence-electron chi connectivity index (χ4n) is 3.83. The summed E-state index contributed by atoms with van der Waals surface area (Å²) >= 11 is 0. The van der Waals surface area contributed by atoms with E-state index in [-0.39, 0.29) is 11.0 Å². The van der Waals surface area contributed by atoms with Crippen LogP contribution in [0.15, 0.2) is 83.9 Å². The molecule has 0 aliphatic rings. The quantitative estimate of drug-likeness (QED) is 0.484. The predicted molar refractivity (Wildman–Crippen MR) is 128 cm³/mol. The van der Waals surface area contributed by atoms with Crippen LogP contribution in [0.1, 0.15) is 32.7 Å². The van der Waals surface area contributed by atoms with Crippen molar-refractivity contribution in [2.45, 2.75) is 27.3 Å². The van der Waals surface area contributed by atoms with E-state index in [1.165, 1.54) is 6.07 Å². The lowest BCUT2D eigenvalue weighted by molar-refractivity contribution is 0.102. The molecule has 32 heavy (non-hydrogen) atoms. The molecule has 2 aromatic carbocycles. The second-order valence-electron chi connectivity index (χ2n) is 7.88. The Balaban J connectivity index is 1.89. The van der Waals surface area contributed by atoms with Gasteiger partial charge in [0.25, 0.3) is 5.91 Å². The number of hydrogen-bond acceptors (Lipinski definition) is 3. The van der Waals surface area contributed by atoms with Gasteiger partial charge < -0.3 is 9.88 Å². The van der Waals surface area contributed by atoms with Gasteiger partial charge in [0.05, 0.1) is 5.69 Å². The van der Waals surface area contributed by atoms with Crippen molar-refractivity contribution in [3.8, 4) is 11.3 Å². The first-order valence-corrected chi connectivity index (χ1v) is 10.5. The van der Waals surface area contributed by atoms with E-state index in [1.54, 1.807) is 12.4 Å². The molecule has 0 saturated carbocycles. The number of anilines is 1. The molecule has 160 valence electrons. The molecule has 0 atom stereocenters. The van der Waals surface area contributed by atoms with Gasteiger partial charge in [-0.3, -0.25) is 14.6 Å². The Morgan fingerprint density at radius 1 is 0.938 bits per heavy atom. The van der Waals surface area contributed by atoms with Crippen LogP contribution >= 0.6 is 0 Å². The molecular weight excluding hydrogens is 398 g/mol. The highest BCUT2D eigenvalue weighted by atomic mass is 16.2. The Kier molecular flexibility index (Phi) is 5.99. The van der Waals surface area contributed by atoms with Crippen LogP contribution in [0.4, 0.5) is 5.69 Å². The number of benzene rings is 2. The van der Waals surface area contributed by atoms with Crippen molar-refractivity contribution in [3.05, 3.63) is 117 Å². The van der Waals surface area contributed by atoms with E-state index in [0.717, 1.165) is 27.9 Å². The third kappa shape index (κ3) is 4.23. The number of pyridine rings is 2. The molecule has 0 aliphatic carbocycles. The van der Waals surface area contributed by atoms with E-state index in [2.05, 4.69) is 10.3 Å². The smallest absolute Gasteiger partial charge is 0.261 e. The number of amides is 1. The average Bonchev–Trinajstić information content (AvgIpc) is 2.79. The topological polar surface area (TPSA) is 64.0 Å². The van der Waals surface area contributed by atoms with Gasteiger partial charge in [-0.1, -0.05) is 42.5 Å². The first-order valence-electron chi connectivity index (χ1n) is 10.5. The fourth-order valence-corrected chi connectivity index (χ4v) is 3.83. The lowest BCUT2D eigenvalue weighted by atomic mass is 10.0. The number of rotatable bonds is 5. The van der Waals surface area contributed by atoms with E-state index in [4.69, 9.17) is 0 Å². The van der Waals surface area contributed by atoms with Crippen molar-refractivity contribution in [1.82, 2.24) is 9.55 Å². The maximum Gasteiger partial charge on any atom is 0.261 e. The van der Waals surface area contributed by atoms with Crippen LogP contribution in [0, 0.1) is 20.8 Å². The lowest BCUT2D eigenvalue weighted by Gasteiger charge is -2.21. The number of nitrogens with one attached hydrogen (secondary N) is 1. The Bertz CT molecular complexity index is 1330. The highest BCUT2D eigenvalue weighted by molar-refractivity contribution is 6.08. The number of aromatic nitrogens is 2. The van der Waals surface area contributed by atoms with Gasteiger partial charge in [0.15, 0.2) is 5.43 Å². The summed E-state index contributed by atoms with van der Waals surface area (Å²) in [5, 5.41) is 2.97. The fraction of sp³-hybridized carbons (Fsp3) is 0.148. The lowest BCUT2D eigenvalue weighted by Crippen LogP contribution is -2.27. The molecule has 0 fully saturated rings. The SMILES string of the molecule is Cc1cccc(NC(=O)c2c(-c3ccccc3)n(Cc3ccncc3)c(C)cc2=O)c1C. The van der Waals surface area contributed by atoms with E-state index in [0.29, 0.717) is 17.9 Å². The van der Waals surface area contributed by atoms with E-state index in [1.807, 2.05) is 86.0 Å². The second-order valence-corrected chi connectivity index (χ2v) is 7.88. The number of aryl methyl sites for hydroxylation is 2. The molecule has 0 spiro atoms. The number of hydrogen-bond donors (Lipinski definition) is 1. The Morgan fingerprint density at radius 2 is 1.66 bits per heavy atom. The molecule has 0 saturated heterocycles. The van der Waals surface area contributed by atoms with Gasteiger partial charge in [-0.05, 0) is 61.2 Å². The van der Waals surface area contributed by atoms with Crippen molar-refractivity contribution in [2.24, 2.45) is 0 Å². The van der Waals surface area contributed by atoms with E-state index >= 15 is 0 Å². The molecule has 0 unspecified atom stereocenters. The van der Waals surface area contributed by atoms with Crippen LogP contribution in [0.25, 0.3) is 11.3 Å². The largest absolute Gasteiger partial charge is 0.340 e. The Morgan fingerprint density at radius 3 is 2.38 bits per heavy atom. The Hall–Kier alpha value is -3.99. The van der Waals surface area contributed by atoms with Gasteiger partial charge in [0.1, 0.15) is 5.56 Å². The highest BCUT2D eigenvalue weighted by Gasteiger charge is 2.22. The summed E-state index contributed by atoms with van der Waals surface area (Å²) in [5.41, 5.74) is 5.83. The average molecular weight is 424 g/mol. The first kappa shape index (κ1) is 21.2. The summed E-state index contributed by atoms with van der Waals surface area (Å²) in [6, 6.07) is 20.7. The monoisotopic (exact) mass is 423 g/mol. The normalized spacial score (nSPS) is 10.7. The standard InChI is InChI=1S/C27H25N3O2/c1-18-8-7-11-23(20(18)3)29-27(32)25-24(31)16-19(2)30(17-21-12-14-28-15-13-21)26(25)22-9-5-4-6-10-22/h4-16H,17H2,1-3H3,(H,29,32). The molecule has 4 rings (SSSR count).